The Morgan fingerprint density at radius 2 is 1.71 bits per heavy atom. The molecular weight excluding hydrogens is 396 g/mol. The Hall–Kier alpha value is -3.52. The number of hydrogen-bond donors (Lipinski definition) is 1. The second-order valence-electron chi connectivity index (χ2n) is 7.25. The molecule has 31 heavy (non-hydrogen) atoms. The Morgan fingerprint density at radius 1 is 1.03 bits per heavy atom. The van der Waals surface area contributed by atoms with Crippen LogP contribution in [-0.4, -0.2) is 59.6 Å². The summed E-state index contributed by atoms with van der Waals surface area (Å²) in [5, 5.41) is 2.88. The smallest absolute Gasteiger partial charge is 0.272 e. The third-order valence-corrected chi connectivity index (χ3v) is 5.06. The fraction of sp³-hybridized carbons (Fsp3) is 0.304. The van der Waals surface area contributed by atoms with Crippen LogP contribution >= 0.6 is 0 Å². The van der Waals surface area contributed by atoms with Crippen molar-refractivity contribution >= 4 is 22.8 Å². The van der Waals surface area contributed by atoms with Gasteiger partial charge in [-0.15, -0.1) is 0 Å². The highest BCUT2D eigenvalue weighted by Gasteiger charge is 2.17. The highest BCUT2D eigenvalue weighted by Crippen LogP contribution is 2.14. The molecule has 1 fully saturated rings. The number of nitrogens with one attached hydrogen (secondary N) is 1. The van der Waals surface area contributed by atoms with Crippen molar-refractivity contribution in [1.82, 2.24) is 20.2 Å². The van der Waals surface area contributed by atoms with Gasteiger partial charge >= 0.3 is 0 Å². The van der Waals surface area contributed by atoms with Gasteiger partial charge in [-0.05, 0) is 36.8 Å². The third kappa shape index (κ3) is 5.16. The standard InChI is InChI=1S/C23H24N4O4/c1-16-22(26-20-5-3-2-4-19(20)25-16)23(29)24-14-17-6-8-18(9-7-17)31-15-21(28)27-10-12-30-13-11-27/h2-9H,10-15H2,1H3,(H,24,29). The number of benzene rings is 2. The van der Waals surface area contributed by atoms with Crippen LogP contribution in [0.1, 0.15) is 21.7 Å². The number of aromatic nitrogens is 2. The summed E-state index contributed by atoms with van der Waals surface area (Å²) in [4.78, 5) is 35.4. The van der Waals surface area contributed by atoms with Crippen LogP contribution in [0.2, 0.25) is 0 Å². The third-order valence-electron chi connectivity index (χ3n) is 5.06. The van der Waals surface area contributed by atoms with Crippen molar-refractivity contribution in [3.8, 4) is 5.75 Å². The van der Waals surface area contributed by atoms with Crippen LogP contribution in [0.25, 0.3) is 11.0 Å². The summed E-state index contributed by atoms with van der Waals surface area (Å²) in [5.74, 6) is 0.284. The van der Waals surface area contributed by atoms with Gasteiger partial charge in [0.25, 0.3) is 11.8 Å². The molecular formula is C23H24N4O4. The molecule has 1 aliphatic heterocycles. The number of para-hydroxylation sites is 2. The summed E-state index contributed by atoms with van der Waals surface area (Å²) >= 11 is 0. The van der Waals surface area contributed by atoms with Crippen LogP contribution in [-0.2, 0) is 16.1 Å². The van der Waals surface area contributed by atoms with Crippen molar-refractivity contribution in [2.75, 3.05) is 32.9 Å². The first-order chi connectivity index (χ1) is 15.1. The molecule has 0 aliphatic carbocycles. The van der Waals surface area contributed by atoms with Crippen LogP contribution < -0.4 is 10.1 Å². The number of rotatable bonds is 6. The van der Waals surface area contributed by atoms with Crippen LogP contribution in [0.5, 0.6) is 5.75 Å². The number of fused-ring (bicyclic) bond motifs is 1. The summed E-state index contributed by atoms with van der Waals surface area (Å²) < 4.78 is 10.8. The van der Waals surface area contributed by atoms with E-state index in [1.807, 2.05) is 36.4 Å². The summed E-state index contributed by atoms with van der Waals surface area (Å²) in [5.41, 5.74) is 3.27. The van der Waals surface area contributed by atoms with Crippen LogP contribution in [0.4, 0.5) is 0 Å². The zero-order valence-electron chi connectivity index (χ0n) is 17.3. The Morgan fingerprint density at radius 3 is 2.42 bits per heavy atom. The average molecular weight is 420 g/mol. The number of aryl methyl sites for hydroxylation is 1. The lowest BCUT2D eigenvalue weighted by atomic mass is 10.2. The maximum atomic E-state index is 12.6. The summed E-state index contributed by atoms with van der Waals surface area (Å²) in [6.45, 7) is 4.45. The number of morpholine rings is 1. The van der Waals surface area contributed by atoms with E-state index in [0.717, 1.165) is 11.1 Å². The first-order valence-electron chi connectivity index (χ1n) is 10.2. The van der Waals surface area contributed by atoms with E-state index in [1.54, 1.807) is 24.0 Å². The Labute approximate surface area is 180 Å². The van der Waals surface area contributed by atoms with Crippen molar-refractivity contribution in [3.05, 3.63) is 65.5 Å². The molecule has 4 rings (SSSR count). The number of nitrogens with zero attached hydrogens (tertiary/aromatic N) is 3. The van der Waals surface area contributed by atoms with E-state index in [9.17, 15) is 9.59 Å². The van der Waals surface area contributed by atoms with Gasteiger partial charge in [0.05, 0.1) is 29.9 Å². The fourth-order valence-corrected chi connectivity index (χ4v) is 3.32. The highest BCUT2D eigenvalue weighted by atomic mass is 16.5. The predicted molar refractivity (Wildman–Crippen MR) is 115 cm³/mol. The van der Waals surface area contributed by atoms with Crippen molar-refractivity contribution in [1.29, 1.82) is 0 Å². The van der Waals surface area contributed by atoms with Crippen molar-refractivity contribution < 1.29 is 19.1 Å². The molecule has 0 spiro atoms. The lowest BCUT2D eigenvalue weighted by molar-refractivity contribution is -0.137. The Kier molecular flexibility index (Phi) is 6.37. The maximum absolute atomic E-state index is 12.6. The topological polar surface area (TPSA) is 93.7 Å². The SMILES string of the molecule is Cc1nc2ccccc2nc1C(=O)NCc1ccc(OCC(=O)N2CCOCC2)cc1. The summed E-state index contributed by atoms with van der Waals surface area (Å²) in [6, 6.07) is 14.7. The Balaban J connectivity index is 1.30. The first kappa shape index (κ1) is 20.7. The van der Waals surface area contributed by atoms with Gasteiger partial charge in [0.1, 0.15) is 11.4 Å². The van der Waals surface area contributed by atoms with Crippen molar-refractivity contribution in [2.45, 2.75) is 13.5 Å². The summed E-state index contributed by atoms with van der Waals surface area (Å²) in [7, 11) is 0. The molecule has 3 aromatic rings. The lowest BCUT2D eigenvalue weighted by Crippen LogP contribution is -2.42. The van der Waals surface area contributed by atoms with Gasteiger partial charge < -0.3 is 19.7 Å². The minimum absolute atomic E-state index is 0.00398. The van der Waals surface area contributed by atoms with E-state index in [0.29, 0.717) is 55.5 Å². The molecule has 0 unspecified atom stereocenters. The normalized spacial score (nSPS) is 13.8. The van der Waals surface area contributed by atoms with Gasteiger partial charge in [-0.1, -0.05) is 24.3 Å². The number of amides is 2. The molecule has 8 nitrogen and oxygen atoms in total. The number of carbonyl (C=O) groups excluding carboxylic acids is 2. The molecule has 0 atom stereocenters. The minimum Gasteiger partial charge on any atom is -0.484 e. The first-order valence-corrected chi connectivity index (χ1v) is 10.2. The van der Waals surface area contributed by atoms with E-state index < -0.39 is 0 Å². The number of hydrogen-bond acceptors (Lipinski definition) is 6. The molecule has 1 saturated heterocycles. The second kappa shape index (κ2) is 9.53. The average Bonchev–Trinajstić information content (AvgIpc) is 2.81. The molecule has 0 bridgehead atoms. The zero-order valence-corrected chi connectivity index (χ0v) is 17.3. The molecule has 1 aliphatic rings. The molecule has 2 heterocycles. The van der Waals surface area contributed by atoms with Crippen molar-refractivity contribution in [3.63, 3.8) is 0 Å². The number of ether oxygens (including phenoxy) is 2. The van der Waals surface area contributed by atoms with Gasteiger partial charge in [-0.25, -0.2) is 9.97 Å². The molecule has 0 saturated carbocycles. The zero-order chi connectivity index (χ0) is 21.6. The van der Waals surface area contributed by atoms with Gasteiger partial charge in [0, 0.05) is 19.6 Å². The molecule has 1 N–H and O–H groups in total. The van der Waals surface area contributed by atoms with Crippen LogP contribution in [0.15, 0.2) is 48.5 Å². The molecule has 2 aromatic carbocycles. The molecule has 0 radical (unpaired) electrons. The van der Waals surface area contributed by atoms with Crippen molar-refractivity contribution in [2.24, 2.45) is 0 Å². The van der Waals surface area contributed by atoms with E-state index in [2.05, 4.69) is 15.3 Å². The van der Waals surface area contributed by atoms with Gasteiger partial charge in [0.2, 0.25) is 0 Å². The minimum atomic E-state index is -0.271. The summed E-state index contributed by atoms with van der Waals surface area (Å²) in [6.07, 6.45) is 0. The maximum Gasteiger partial charge on any atom is 0.272 e. The molecule has 2 amide bonds. The fourth-order valence-electron chi connectivity index (χ4n) is 3.32. The van der Waals surface area contributed by atoms with E-state index in [1.165, 1.54) is 0 Å². The molecule has 160 valence electrons. The van der Waals surface area contributed by atoms with Gasteiger partial charge in [-0.3, -0.25) is 9.59 Å². The lowest BCUT2D eigenvalue weighted by Gasteiger charge is -2.26. The molecule has 8 heteroatoms. The predicted octanol–water partition coefficient (Wildman–Crippen LogP) is 2.11. The highest BCUT2D eigenvalue weighted by molar-refractivity contribution is 5.95. The number of carbonyl (C=O) groups is 2. The van der Waals surface area contributed by atoms with Gasteiger partial charge in [-0.2, -0.15) is 0 Å². The van der Waals surface area contributed by atoms with Crippen LogP contribution in [0.3, 0.4) is 0 Å². The van der Waals surface area contributed by atoms with E-state index >= 15 is 0 Å². The Bertz CT molecular complexity index is 1080. The van der Waals surface area contributed by atoms with E-state index in [-0.39, 0.29) is 18.4 Å². The molecule has 1 aromatic heterocycles. The van der Waals surface area contributed by atoms with E-state index in [4.69, 9.17) is 9.47 Å². The largest absolute Gasteiger partial charge is 0.484 e. The monoisotopic (exact) mass is 420 g/mol. The quantitative estimate of drug-likeness (QED) is 0.657. The van der Waals surface area contributed by atoms with Crippen LogP contribution in [0, 0.1) is 6.92 Å². The second-order valence-corrected chi connectivity index (χ2v) is 7.25. The van der Waals surface area contributed by atoms with Gasteiger partial charge in [0.15, 0.2) is 6.61 Å².